The van der Waals surface area contributed by atoms with Crippen LogP contribution in [0.15, 0.2) is 132 Å². The van der Waals surface area contributed by atoms with Gasteiger partial charge in [-0.2, -0.15) is 0 Å². The molecule has 3 aromatic rings. The topological polar surface area (TPSA) is 15.6 Å². The minimum Gasteiger partial charge on any atom is -0.352 e. The number of hydrogen-bond donors (Lipinski definition) is 0. The number of hydrogen-bond acceptors (Lipinski definition) is 2. The monoisotopic (exact) mass is 470 g/mol. The molecule has 180 valence electrons. The molecule has 2 nitrogen and oxygen atoms in total. The molecule has 5 rings (SSSR count). The highest BCUT2D eigenvalue weighted by Gasteiger charge is 2.28. The highest BCUT2D eigenvalue weighted by molar-refractivity contribution is 6.11. The first-order valence-electron chi connectivity index (χ1n) is 12.9. The first kappa shape index (κ1) is 23.8. The van der Waals surface area contributed by atoms with Gasteiger partial charge in [0.25, 0.3) is 0 Å². The standard InChI is InChI=1S/C34H34N2/c1-4-26(20-19-25(2)27-13-7-5-8-14-27)34-35-32(24-33(36(34)3)29-16-9-6-10-17-29)31-22-21-28-15-11-12-18-30(28)23-31/h5-16,18-24,29,34H,4,17H2,1-3H3/b25-19+,26-20+. The number of benzene rings is 3. The van der Waals surface area contributed by atoms with Crippen molar-refractivity contribution in [1.29, 1.82) is 0 Å². The second-order valence-electron chi connectivity index (χ2n) is 9.60. The van der Waals surface area contributed by atoms with Crippen LogP contribution in [0.3, 0.4) is 0 Å². The lowest BCUT2D eigenvalue weighted by atomic mass is 9.91. The van der Waals surface area contributed by atoms with Gasteiger partial charge in [0.15, 0.2) is 0 Å². The Morgan fingerprint density at radius 1 is 0.944 bits per heavy atom. The Bertz CT molecular complexity index is 1420. The fourth-order valence-electron chi connectivity index (χ4n) is 5.06. The van der Waals surface area contributed by atoms with Crippen LogP contribution in [0.5, 0.6) is 0 Å². The molecule has 0 amide bonds. The van der Waals surface area contributed by atoms with Gasteiger partial charge in [0, 0.05) is 24.2 Å². The largest absolute Gasteiger partial charge is 0.352 e. The van der Waals surface area contributed by atoms with Crippen molar-refractivity contribution in [1.82, 2.24) is 4.90 Å². The first-order chi connectivity index (χ1) is 17.6. The summed E-state index contributed by atoms with van der Waals surface area (Å²) in [5.74, 6) is 0.355. The lowest BCUT2D eigenvalue weighted by Gasteiger charge is -2.37. The fourth-order valence-corrected chi connectivity index (χ4v) is 5.06. The van der Waals surface area contributed by atoms with E-state index in [1.165, 1.54) is 38.7 Å². The molecule has 3 aromatic carbocycles. The van der Waals surface area contributed by atoms with Crippen LogP contribution in [0.1, 0.15) is 37.8 Å². The average Bonchev–Trinajstić information content (AvgIpc) is 2.94. The number of aliphatic imine (C=N–C) groups is 1. The molecule has 1 aliphatic carbocycles. The van der Waals surface area contributed by atoms with Gasteiger partial charge >= 0.3 is 0 Å². The predicted octanol–water partition coefficient (Wildman–Crippen LogP) is 8.36. The Morgan fingerprint density at radius 2 is 1.72 bits per heavy atom. The number of allylic oxidation sites excluding steroid dienone is 8. The van der Waals surface area contributed by atoms with Crippen molar-refractivity contribution in [2.24, 2.45) is 10.9 Å². The normalized spacial score (nSPS) is 20.5. The van der Waals surface area contributed by atoms with E-state index in [0.29, 0.717) is 5.92 Å². The third kappa shape index (κ3) is 5.04. The molecule has 2 unspecified atom stereocenters. The summed E-state index contributed by atoms with van der Waals surface area (Å²) < 4.78 is 0. The van der Waals surface area contributed by atoms with E-state index >= 15 is 0 Å². The lowest BCUT2D eigenvalue weighted by molar-refractivity contribution is 0.311. The van der Waals surface area contributed by atoms with Crippen LogP contribution in [0.4, 0.5) is 0 Å². The molecule has 0 saturated heterocycles. The van der Waals surface area contributed by atoms with Gasteiger partial charge in [-0.3, -0.25) is 4.99 Å². The average molecular weight is 471 g/mol. The molecule has 1 heterocycles. The molecule has 0 N–H and O–H groups in total. The van der Waals surface area contributed by atoms with Crippen molar-refractivity contribution in [2.45, 2.75) is 32.9 Å². The van der Waals surface area contributed by atoms with Gasteiger partial charge < -0.3 is 4.90 Å². The molecule has 0 radical (unpaired) electrons. The van der Waals surface area contributed by atoms with E-state index < -0.39 is 0 Å². The van der Waals surface area contributed by atoms with E-state index in [4.69, 9.17) is 4.99 Å². The molecule has 36 heavy (non-hydrogen) atoms. The predicted molar refractivity (Wildman–Crippen MR) is 155 cm³/mol. The van der Waals surface area contributed by atoms with Gasteiger partial charge in [-0.25, -0.2) is 0 Å². The van der Waals surface area contributed by atoms with Crippen molar-refractivity contribution in [2.75, 3.05) is 7.05 Å². The minimum absolute atomic E-state index is 0.0319. The first-order valence-corrected chi connectivity index (χ1v) is 12.9. The molecule has 1 aliphatic heterocycles. The summed E-state index contributed by atoms with van der Waals surface area (Å²) in [6.45, 7) is 4.41. The highest BCUT2D eigenvalue weighted by atomic mass is 15.2. The van der Waals surface area contributed by atoms with E-state index in [1.54, 1.807) is 0 Å². The second-order valence-corrected chi connectivity index (χ2v) is 9.60. The van der Waals surface area contributed by atoms with E-state index in [-0.39, 0.29) is 6.17 Å². The third-order valence-electron chi connectivity index (χ3n) is 7.24. The van der Waals surface area contributed by atoms with Crippen LogP contribution >= 0.6 is 0 Å². The maximum atomic E-state index is 5.33. The number of nitrogens with zero attached hydrogens (tertiary/aromatic N) is 2. The lowest BCUT2D eigenvalue weighted by Crippen LogP contribution is -2.38. The fraction of sp³-hybridized carbons (Fsp3) is 0.206. The second kappa shape index (κ2) is 10.8. The van der Waals surface area contributed by atoms with Crippen molar-refractivity contribution in [3.05, 3.63) is 138 Å². The van der Waals surface area contributed by atoms with Crippen LogP contribution in [-0.2, 0) is 0 Å². The summed E-state index contributed by atoms with van der Waals surface area (Å²) >= 11 is 0. The van der Waals surface area contributed by atoms with Gasteiger partial charge in [-0.15, -0.1) is 0 Å². The van der Waals surface area contributed by atoms with Crippen LogP contribution in [0, 0.1) is 5.92 Å². The zero-order valence-corrected chi connectivity index (χ0v) is 21.4. The maximum absolute atomic E-state index is 5.33. The zero-order chi connectivity index (χ0) is 24.9. The van der Waals surface area contributed by atoms with Crippen molar-refractivity contribution < 1.29 is 0 Å². The van der Waals surface area contributed by atoms with E-state index in [1.807, 2.05) is 0 Å². The Morgan fingerprint density at radius 3 is 2.47 bits per heavy atom. The Balaban J connectivity index is 1.56. The smallest absolute Gasteiger partial charge is 0.143 e. The quantitative estimate of drug-likeness (QED) is 0.330. The van der Waals surface area contributed by atoms with Gasteiger partial charge in [-0.05, 0) is 59.4 Å². The summed E-state index contributed by atoms with van der Waals surface area (Å²) in [5.41, 5.74) is 7.38. The summed E-state index contributed by atoms with van der Waals surface area (Å²) in [7, 11) is 2.20. The molecule has 2 heteroatoms. The summed E-state index contributed by atoms with van der Waals surface area (Å²) in [6.07, 6.45) is 17.6. The van der Waals surface area contributed by atoms with Crippen LogP contribution in [0.2, 0.25) is 0 Å². The summed E-state index contributed by atoms with van der Waals surface area (Å²) in [6, 6.07) is 25.8. The molecule has 0 saturated carbocycles. The molecular weight excluding hydrogens is 436 g/mol. The Labute approximate surface area is 215 Å². The highest BCUT2D eigenvalue weighted by Crippen LogP contribution is 2.32. The summed E-state index contributed by atoms with van der Waals surface area (Å²) in [5, 5.41) is 2.50. The Hall–Kier alpha value is -3.91. The van der Waals surface area contributed by atoms with Crippen LogP contribution < -0.4 is 0 Å². The molecule has 0 fully saturated rings. The number of likely N-dealkylation sites (N-methyl/N-ethyl adjacent to an activating group) is 1. The van der Waals surface area contributed by atoms with Crippen molar-refractivity contribution in [3.63, 3.8) is 0 Å². The maximum Gasteiger partial charge on any atom is 0.143 e. The molecular formula is C34H34N2. The third-order valence-corrected chi connectivity index (χ3v) is 7.24. The van der Waals surface area contributed by atoms with Gasteiger partial charge in [-0.1, -0.05) is 110 Å². The number of rotatable bonds is 6. The van der Waals surface area contributed by atoms with Gasteiger partial charge in [0.05, 0.1) is 5.71 Å². The summed E-state index contributed by atoms with van der Waals surface area (Å²) in [4.78, 5) is 7.71. The van der Waals surface area contributed by atoms with E-state index in [2.05, 4.69) is 141 Å². The Kier molecular flexibility index (Phi) is 7.13. The van der Waals surface area contributed by atoms with E-state index in [0.717, 1.165) is 18.6 Å². The van der Waals surface area contributed by atoms with Gasteiger partial charge in [0.1, 0.15) is 6.17 Å². The SMILES string of the molecule is CC/C(=C\C=C(/C)c1ccccc1)C1N=C(c2ccc3ccccc3c2)C=C(C2C=CC=CC2)N1C. The number of fused-ring (bicyclic) bond motifs is 1. The van der Waals surface area contributed by atoms with E-state index in [9.17, 15) is 0 Å². The molecule has 0 spiro atoms. The van der Waals surface area contributed by atoms with Crippen molar-refractivity contribution >= 4 is 22.1 Å². The zero-order valence-electron chi connectivity index (χ0n) is 21.4. The molecule has 0 bridgehead atoms. The minimum atomic E-state index is -0.0319. The molecule has 2 aliphatic rings. The molecule has 2 atom stereocenters. The molecule has 0 aromatic heterocycles. The van der Waals surface area contributed by atoms with Crippen LogP contribution in [-0.4, -0.2) is 23.8 Å². The van der Waals surface area contributed by atoms with Gasteiger partial charge in [0.2, 0.25) is 0 Å². The van der Waals surface area contributed by atoms with Crippen LogP contribution in [0.25, 0.3) is 16.3 Å². The van der Waals surface area contributed by atoms with Crippen molar-refractivity contribution in [3.8, 4) is 0 Å².